The smallest absolute Gasteiger partial charge is 0.193 e. The Morgan fingerprint density at radius 2 is 2.15 bits per heavy atom. The highest BCUT2D eigenvalue weighted by molar-refractivity contribution is 14.0. The van der Waals surface area contributed by atoms with Gasteiger partial charge >= 0.3 is 0 Å². The fraction of sp³-hybridized carbons (Fsp3) is 0.750. The van der Waals surface area contributed by atoms with Gasteiger partial charge in [0.05, 0.1) is 18.8 Å². The molecular weight excluding hydrogens is 473 g/mol. The largest absolute Gasteiger partial charge is 0.376 e. The molecule has 2 aliphatic rings. The van der Waals surface area contributed by atoms with Crippen LogP contribution < -0.4 is 5.32 Å². The zero-order valence-electron chi connectivity index (χ0n) is 16.8. The predicted molar refractivity (Wildman–Crippen MR) is 124 cm³/mol. The number of ether oxygens (including phenoxy) is 2. The monoisotopic (exact) mass is 507 g/mol. The van der Waals surface area contributed by atoms with Crippen LogP contribution in [0.1, 0.15) is 44.4 Å². The normalized spacial score (nSPS) is 22.0. The molecule has 0 spiro atoms. The summed E-state index contributed by atoms with van der Waals surface area (Å²) in [6.45, 7) is 9.09. The first-order valence-corrected chi connectivity index (χ1v) is 10.7. The molecule has 0 aliphatic carbocycles. The molecule has 0 saturated carbocycles. The molecule has 3 heterocycles. The number of aliphatic imine (C=N–C) groups is 1. The molecule has 2 saturated heterocycles. The van der Waals surface area contributed by atoms with E-state index in [-0.39, 0.29) is 29.4 Å². The van der Waals surface area contributed by atoms with Gasteiger partial charge in [0.25, 0.3) is 0 Å². The van der Waals surface area contributed by atoms with E-state index in [1.54, 1.807) is 0 Å². The highest BCUT2D eigenvalue weighted by Crippen LogP contribution is 2.26. The Hall–Kier alpha value is -0.380. The Morgan fingerprint density at radius 3 is 2.74 bits per heavy atom. The summed E-state index contributed by atoms with van der Waals surface area (Å²) >= 11 is 1.82. The van der Waals surface area contributed by atoms with Crippen molar-refractivity contribution in [3.05, 3.63) is 22.4 Å². The van der Waals surface area contributed by atoms with Gasteiger partial charge in [-0.3, -0.25) is 4.99 Å². The summed E-state index contributed by atoms with van der Waals surface area (Å²) in [5.41, 5.74) is 0.104. The van der Waals surface area contributed by atoms with Gasteiger partial charge in [-0.1, -0.05) is 19.9 Å². The minimum Gasteiger partial charge on any atom is -0.376 e. The molecule has 1 N–H and O–H groups in total. The molecule has 27 heavy (non-hydrogen) atoms. The number of rotatable bonds is 6. The van der Waals surface area contributed by atoms with Crippen LogP contribution in [0.3, 0.4) is 0 Å². The van der Waals surface area contributed by atoms with Crippen molar-refractivity contribution >= 4 is 41.3 Å². The standard InChI is InChI=1S/C20H33N3O2S.HI/c1-20(2,18-7-5-13-26-18)15-22-19(21-3)23-10-8-16(9-11-23)25-14-17-6-4-12-24-17;/h5,7,13,16-17H,4,6,8-12,14-15H2,1-3H3,(H,21,22);1H. The van der Waals surface area contributed by atoms with Crippen molar-refractivity contribution in [3.63, 3.8) is 0 Å². The van der Waals surface area contributed by atoms with Gasteiger partial charge in [-0.15, -0.1) is 35.3 Å². The van der Waals surface area contributed by atoms with Crippen LogP contribution in [0.4, 0.5) is 0 Å². The van der Waals surface area contributed by atoms with Crippen LogP contribution in [0.15, 0.2) is 22.5 Å². The molecular formula is C20H34IN3O2S. The number of likely N-dealkylation sites (tertiary alicyclic amines) is 1. The summed E-state index contributed by atoms with van der Waals surface area (Å²) < 4.78 is 11.7. The Morgan fingerprint density at radius 1 is 1.37 bits per heavy atom. The van der Waals surface area contributed by atoms with Crippen LogP contribution in [0, 0.1) is 0 Å². The number of piperidine rings is 1. The first-order chi connectivity index (χ1) is 12.6. The maximum Gasteiger partial charge on any atom is 0.193 e. The molecule has 1 aromatic heterocycles. The summed E-state index contributed by atoms with van der Waals surface area (Å²) in [4.78, 5) is 8.27. The third kappa shape index (κ3) is 6.58. The van der Waals surface area contributed by atoms with E-state index >= 15 is 0 Å². The van der Waals surface area contributed by atoms with Crippen molar-refractivity contribution in [3.8, 4) is 0 Å². The second-order valence-corrected chi connectivity index (χ2v) is 8.86. The quantitative estimate of drug-likeness (QED) is 0.361. The highest BCUT2D eigenvalue weighted by Gasteiger charge is 2.26. The molecule has 0 aromatic carbocycles. The Kier molecular flexibility index (Phi) is 9.31. The van der Waals surface area contributed by atoms with Gasteiger partial charge in [-0.05, 0) is 37.1 Å². The van der Waals surface area contributed by atoms with E-state index in [9.17, 15) is 0 Å². The van der Waals surface area contributed by atoms with Crippen LogP contribution in [0.25, 0.3) is 0 Å². The van der Waals surface area contributed by atoms with Crippen molar-refractivity contribution in [1.82, 2.24) is 10.2 Å². The van der Waals surface area contributed by atoms with E-state index in [4.69, 9.17) is 9.47 Å². The Labute approximate surface area is 184 Å². The first-order valence-electron chi connectivity index (χ1n) is 9.81. The lowest BCUT2D eigenvalue weighted by molar-refractivity contribution is -0.0367. The average molecular weight is 507 g/mol. The number of guanidine groups is 1. The number of nitrogens with one attached hydrogen (secondary N) is 1. The van der Waals surface area contributed by atoms with Crippen molar-refractivity contribution in [2.75, 3.05) is 39.9 Å². The van der Waals surface area contributed by atoms with E-state index < -0.39 is 0 Å². The molecule has 0 bridgehead atoms. The van der Waals surface area contributed by atoms with E-state index in [0.717, 1.165) is 58.1 Å². The van der Waals surface area contributed by atoms with Crippen molar-refractivity contribution < 1.29 is 9.47 Å². The number of hydrogen-bond donors (Lipinski definition) is 1. The number of halogens is 1. The van der Waals surface area contributed by atoms with E-state index in [1.165, 1.54) is 11.3 Å². The lowest BCUT2D eigenvalue weighted by Gasteiger charge is -2.35. The van der Waals surface area contributed by atoms with Crippen molar-refractivity contribution in [2.24, 2.45) is 4.99 Å². The van der Waals surface area contributed by atoms with Gasteiger partial charge in [0.1, 0.15) is 0 Å². The van der Waals surface area contributed by atoms with Crippen LogP contribution in [0.5, 0.6) is 0 Å². The minimum absolute atomic E-state index is 0. The second-order valence-electron chi connectivity index (χ2n) is 7.92. The molecule has 0 radical (unpaired) electrons. The van der Waals surface area contributed by atoms with Gasteiger partial charge in [0, 0.05) is 43.6 Å². The molecule has 1 unspecified atom stereocenters. The molecule has 2 fully saturated rings. The Bertz CT molecular complexity index is 566. The summed E-state index contributed by atoms with van der Waals surface area (Å²) in [7, 11) is 1.88. The maximum absolute atomic E-state index is 6.08. The summed E-state index contributed by atoms with van der Waals surface area (Å²) in [5.74, 6) is 1.01. The zero-order chi connectivity index (χ0) is 18.4. The summed E-state index contributed by atoms with van der Waals surface area (Å²) in [5, 5.41) is 5.73. The molecule has 3 rings (SSSR count). The minimum atomic E-state index is 0. The number of hydrogen-bond acceptors (Lipinski definition) is 4. The van der Waals surface area contributed by atoms with E-state index in [0.29, 0.717) is 12.2 Å². The van der Waals surface area contributed by atoms with Gasteiger partial charge in [-0.25, -0.2) is 0 Å². The lowest BCUT2D eigenvalue weighted by atomic mass is 9.91. The molecule has 1 aromatic rings. The van der Waals surface area contributed by atoms with Crippen molar-refractivity contribution in [1.29, 1.82) is 0 Å². The highest BCUT2D eigenvalue weighted by atomic mass is 127. The van der Waals surface area contributed by atoms with Gasteiger partial charge in [0.15, 0.2) is 5.96 Å². The Balaban J connectivity index is 0.00000261. The predicted octanol–water partition coefficient (Wildman–Crippen LogP) is 3.88. The van der Waals surface area contributed by atoms with E-state index in [2.05, 4.69) is 46.6 Å². The molecule has 154 valence electrons. The molecule has 5 nitrogen and oxygen atoms in total. The molecule has 7 heteroatoms. The third-order valence-electron chi connectivity index (χ3n) is 5.37. The lowest BCUT2D eigenvalue weighted by Crippen LogP contribution is -2.49. The molecule has 1 atom stereocenters. The van der Waals surface area contributed by atoms with Gasteiger partial charge in [0.2, 0.25) is 0 Å². The zero-order valence-corrected chi connectivity index (χ0v) is 19.9. The SMILES string of the molecule is CN=C(NCC(C)(C)c1cccs1)N1CCC(OCC2CCCO2)CC1.I. The van der Waals surface area contributed by atoms with Gasteiger partial charge in [-0.2, -0.15) is 0 Å². The number of nitrogens with zero attached hydrogens (tertiary/aromatic N) is 2. The summed E-state index contributed by atoms with van der Waals surface area (Å²) in [6, 6.07) is 4.34. The fourth-order valence-corrected chi connectivity index (χ4v) is 4.49. The van der Waals surface area contributed by atoms with Crippen LogP contribution >= 0.6 is 35.3 Å². The van der Waals surface area contributed by atoms with Crippen LogP contribution in [0.2, 0.25) is 0 Å². The average Bonchev–Trinajstić information content (AvgIpc) is 3.35. The number of thiophene rings is 1. The molecule has 2 aliphatic heterocycles. The van der Waals surface area contributed by atoms with E-state index in [1.807, 2.05) is 18.4 Å². The third-order valence-corrected chi connectivity index (χ3v) is 6.61. The fourth-order valence-electron chi connectivity index (χ4n) is 3.64. The summed E-state index contributed by atoms with van der Waals surface area (Å²) in [6.07, 6.45) is 5.12. The van der Waals surface area contributed by atoms with Gasteiger partial charge < -0.3 is 19.7 Å². The van der Waals surface area contributed by atoms with Crippen LogP contribution in [-0.4, -0.2) is 63.0 Å². The topological polar surface area (TPSA) is 46.1 Å². The second kappa shape index (κ2) is 11.0. The maximum atomic E-state index is 6.08. The first kappa shape index (κ1) is 22.9. The van der Waals surface area contributed by atoms with Crippen molar-refractivity contribution in [2.45, 2.75) is 57.2 Å². The molecule has 0 amide bonds. The van der Waals surface area contributed by atoms with Crippen LogP contribution in [-0.2, 0) is 14.9 Å².